The molecule has 0 unspecified atom stereocenters. The molecule has 0 saturated carbocycles. The second kappa shape index (κ2) is 9.43. The Labute approximate surface area is 205 Å². The third-order valence-electron chi connectivity index (χ3n) is 5.94. The van der Waals surface area contributed by atoms with E-state index in [0.29, 0.717) is 29.7 Å². The predicted molar refractivity (Wildman–Crippen MR) is 135 cm³/mol. The van der Waals surface area contributed by atoms with Crippen LogP contribution < -0.4 is 4.90 Å². The van der Waals surface area contributed by atoms with Gasteiger partial charge in [-0.25, -0.2) is 9.78 Å². The molecule has 33 heavy (non-hydrogen) atoms. The summed E-state index contributed by atoms with van der Waals surface area (Å²) in [5.41, 5.74) is 2.59. The van der Waals surface area contributed by atoms with E-state index in [1.807, 2.05) is 57.2 Å². The van der Waals surface area contributed by atoms with Gasteiger partial charge >= 0.3 is 6.09 Å². The van der Waals surface area contributed by atoms with Gasteiger partial charge in [0.1, 0.15) is 5.60 Å². The number of carbonyl (C=O) groups is 1. The molecule has 1 saturated heterocycles. The van der Waals surface area contributed by atoms with Crippen LogP contribution in [-0.4, -0.2) is 52.3 Å². The molecule has 1 aliphatic heterocycles. The molecule has 0 bridgehead atoms. The maximum absolute atomic E-state index is 12.4. The zero-order chi connectivity index (χ0) is 23.8. The van der Waals surface area contributed by atoms with Crippen molar-refractivity contribution >= 4 is 46.3 Å². The zero-order valence-corrected chi connectivity index (χ0v) is 21.0. The van der Waals surface area contributed by atoms with Gasteiger partial charge in [0, 0.05) is 26.2 Å². The summed E-state index contributed by atoms with van der Waals surface area (Å²) < 4.78 is 7.76. The molecule has 2 heterocycles. The van der Waals surface area contributed by atoms with Gasteiger partial charge in [-0.3, -0.25) is 0 Å². The van der Waals surface area contributed by atoms with E-state index >= 15 is 0 Å². The topological polar surface area (TPSA) is 50.6 Å². The summed E-state index contributed by atoms with van der Waals surface area (Å²) in [5, 5.41) is 1.09. The number of halogens is 2. The van der Waals surface area contributed by atoms with Gasteiger partial charge in [-0.2, -0.15) is 0 Å². The second-order valence-electron chi connectivity index (χ2n) is 9.54. The number of ether oxygens (including phenoxy) is 1. The van der Waals surface area contributed by atoms with E-state index < -0.39 is 5.60 Å². The first-order valence-corrected chi connectivity index (χ1v) is 12.0. The largest absolute Gasteiger partial charge is 0.444 e. The number of likely N-dealkylation sites (tertiary alicyclic amines) is 1. The van der Waals surface area contributed by atoms with Crippen molar-refractivity contribution < 1.29 is 9.53 Å². The molecule has 176 valence electrons. The van der Waals surface area contributed by atoms with E-state index in [-0.39, 0.29) is 12.1 Å². The van der Waals surface area contributed by atoms with Gasteiger partial charge < -0.3 is 19.1 Å². The number of piperidine rings is 1. The number of para-hydroxylation sites is 2. The van der Waals surface area contributed by atoms with E-state index in [1.54, 1.807) is 4.90 Å². The van der Waals surface area contributed by atoms with Gasteiger partial charge in [0.15, 0.2) is 0 Å². The lowest BCUT2D eigenvalue weighted by Gasteiger charge is -2.37. The molecule has 3 aromatic rings. The van der Waals surface area contributed by atoms with E-state index in [0.717, 1.165) is 35.4 Å². The van der Waals surface area contributed by atoms with Gasteiger partial charge in [-0.05, 0) is 63.4 Å². The maximum Gasteiger partial charge on any atom is 0.410 e. The lowest BCUT2D eigenvalue weighted by atomic mass is 10.0. The van der Waals surface area contributed by atoms with Gasteiger partial charge in [-0.15, -0.1) is 0 Å². The molecule has 8 heteroatoms. The number of nitrogens with zero attached hydrogens (tertiary/aromatic N) is 4. The summed E-state index contributed by atoms with van der Waals surface area (Å²) in [7, 11) is 2.08. The normalized spacial score (nSPS) is 15.2. The number of amides is 1. The second-order valence-corrected chi connectivity index (χ2v) is 10.4. The molecule has 2 aromatic carbocycles. The summed E-state index contributed by atoms with van der Waals surface area (Å²) in [4.78, 5) is 21.4. The number of anilines is 1. The summed E-state index contributed by atoms with van der Waals surface area (Å²) >= 11 is 12.4. The molecule has 0 aliphatic carbocycles. The molecule has 0 radical (unpaired) electrons. The smallest absolute Gasteiger partial charge is 0.410 e. The molecular weight excluding hydrogens is 459 g/mol. The van der Waals surface area contributed by atoms with Crippen LogP contribution in [0.1, 0.15) is 39.2 Å². The molecule has 4 rings (SSSR count). The number of imidazole rings is 1. The Bertz CT molecular complexity index is 1150. The van der Waals surface area contributed by atoms with Crippen molar-refractivity contribution in [3.05, 3.63) is 58.1 Å². The van der Waals surface area contributed by atoms with Gasteiger partial charge in [-0.1, -0.05) is 41.4 Å². The third-order valence-corrected chi connectivity index (χ3v) is 6.68. The lowest BCUT2D eigenvalue weighted by Crippen LogP contribution is -2.47. The highest BCUT2D eigenvalue weighted by atomic mass is 35.5. The number of rotatable bonds is 4. The number of hydrogen-bond acceptors (Lipinski definition) is 4. The van der Waals surface area contributed by atoms with E-state index in [4.69, 9.17) is 32.9 Å². The maximum atomic E-state index is 12.4. The van der Waals surface area contributed by atoms with Crippen LogP contribution in [0.25, 0.3) is 11.0 Å². The van der Waals surface area contributed by atoms with Crippen LogP contribution in [0.4, 0.5) is 10.7 Å². The Morgan fingerprint density at radius 3 is 2.48 bits per heavy atom. The van der Waals surface area contributed by atoms with E-state index in [2.05, 4.69) is 22.6 Å². The predicted octanol–water partition coefficient (Wildman–Crippen LogP) is 6.23. The SMILES string of the molecule is CN(c1nc2ccccc2n1Cc1ccc(Cl)c(Cl)c1)C1CCN(C(=O)OC(C)(C)C)CC1. The molecule has 0 N–H and O–H groups in total. The number of aromatic nitrogens is 2. The Morgan fingerprint density at radius 1 is 1.12 bits per heavy atom. The van der Waals surface area contributed by atoms with E-state index in [1.165, 1.54) is 0 Å². The molecule has 0 spiro atoms. The van der Waals surface area contributed by atoms with Crippen molar-refractivity contribution in [3.63, 3.8) is 0 Å². The minimum absolute atomic E-state index is 0.240. The first-order valence-electron chi connectivity index (χ1n) is 11.2. The first-order chi connectivity index (χ1) is 15.6. The van der Waals surface area contributed by atoms with Crippen LogP contribution >= 0.6 is 23.2 Å². The molecule has 1 aromatic heterocycles. The molecular formula is C25H30Cl2N4O2. The lowest BCUT2D eigenvalue weighted by molar-refractivity contribution is 0.0205. The van der Waals surface area contributed by atoms with Crippen molar-refractivity contribution in [3.8, 4) is 0 Å². The zero-order valence-electron chi connectivity index (χ0n) is 19.5. The monoisotopic (exact) mass is 488 g/mol. The van der Waals surface area contributed by atoms with Crippen molar-refractivity contribution in [1.29, 1.82) is 0 Å². The molecule has 1 amide bonds. The summed E-state index contributed by atoms with van der Waals surface area (Å²) in [5.74, 6) is 0.901. The van der Waals surface area contributed by atoms with Crippen molar-refractivity contribution in [2.24, 2.45) is 0 Å². The molecule has 6 nitrogen and oxygen atoms in total. The fourth-order valence-electron chi connectivity index (χ4n) is 4.23. The van der Waals surface area contributed by atoms with Crippen LogP contribution in [0.5, 0.6) is 0 Å². The minimum atomic E-state index is -0.486. The van der Waals surface area contributed by atoms with E-state index in [9.17, 15) is 4.79 Å². The highest BCUT2D eigenvalue weighted by Crippen LogP contribution is 2.29. The Hall–Kier alpha value is -2.44. The van der Waals surface area contributed by atoms with Crippen molar-refractivity contribution in [1.82, 2.24) is 14.5 Å². The Kier molecular flexibility index (Phi) is 6.78. The van der Waals surface area contributed by atoms with Gasteiger partial charge in [0.05, 0.1) is 27.6 Å². The Morgan fingerprint density at radius 2 is 1.82 bits per heavy atom. The molecule has 0 atom stereocenters. The molecule has 1 aliphatic rings. The highest BCUT2D eigenvalue weighted by Gasteiger charge is 2.30. The Balaban J connectivity index is 1.55. The number of carbonyl (C=O) groups excluding carboxylic acids is 1. The fraction of sp³-hybridized carbons (Fsp3) is 0.440. The standard InChI is InChI=1S/C25H30Cl2N4O2/c1-25(2,3)33-24(32)30-13-11-18(12-14-30)29(4)23-28-21-7-5-6-8-22(21)31(23)16-17-9-10-19(26)20(27)15-17/h5-10,15,18H,11-14,16H2,1-4H3. The average molecular weight is 489 g/mol. The van der Waals surface area contributed by atoms with Crippen LogP contribution in [0.15, 0.2) is 42.5 Å². The van der Waals surface area contributed by atoms with Gasteiger partial charge in [0.25, 0.3) is 0 Å². The fourth-order valence-corrected chi connectivity index (χ4v) is 4.55. The van der Waals surface area contributed by atoms with Crippen LogP contribution in [0.2, 0.25) is 10.0 Å². The number of hydrogen-bond donors (Lipinski definition) is 0. The third kappa shape index (κ3) is 5.39. The summed E-state index contributed by atoms with van der Waals surface area (Å²) in [6.45, 7) is 7.64. The average Bonchev–Trinajstić information content (AvgIpc) is 3.13. The minimum Gasteiger partial charge on any atom is -0.444 e. The van der Waals surface area contributed by atoms with Gasteiger partial charge in [0.2, 0.25) is 5.95 Å². The van der Waals surface area contributed by atoms with Crippen LogP contribution in [0, 0.1) is 0 Å². The summed E-state index contributed by atoms with van der Waals surface area (Å²) in [6.07, 6.45) is 1.47. The first kappa shape index (κ1) is 23.7. The van der Waals surface area contributed by atoms with Crippen LogP contribution in [0.3, 0.4) is 0 Å². The van der Waals surface area contributed by atoms with Crippen molar-refractivity contribution in [2.45, 2.75) is 51.8 Å². The highest BCUT2D eigenvalue weighted by molar-refractivity contribution is 6.42. The van der Waals surface area contributed by atoms with Crippen molar-refractivity contribution in [2.75, 3.05) is 25.0 Å². The number of benzene rings is 2. The summed E-state index contributed by atoms with van der Waals surface area (Å²) in [6, 6.07) is 14.1. The molecule has 1 fully saturated rings. The quantitative estimate of drug-likeness (QED) is 0.436. The van der Waals surface area contributed by atoms with Crippen LogP contribution in [-0.2, 0) is 11.3 Å². The number of fused-ring (bicyclic) bond motifs is 1.